The summed E-state index contributed by atoms with van der Waals surface area (Å²) in [5.74, 6) is 0.209. The van der Waals surface area contributed by atoms with Gasteiger partial charge in [-0.1, -0.05) is 0 Å². The first kappa shape index (κ1) is 15.7. The van der Waals surface area contributed by atoms with Crippen LogP contribution in [0.25, 0.3) is 0 Å². The van der Waals surface area contributed by atoms with Gasteiger partial charge in [0, 0.05) is 25.6 Å². The Morgan fingerprint density at radius 1 is 1.25 bits per heavy atom. The molecule has 0 unspecified atom stereocenters. The molecule has 0 bridgehead atoms. The Morgan fingerprint density at radius 2 is 1.95 bits per heavy atom. The second-order valence-electron chi connectivity index (χ2n) is 6.38. The molecule has 0 spiro atoms. The van der Waals surface area contributed by atoms with E-state index in [2.05, 4.69) is 9.80 Å². The first-order chi connectivity index (χ1) is 9.58. The maximum Gasteiger partial charge on any atom is 0.222 e. The van der Waals surface area contributed by atoms with Gasteiger partial charge in [-0.05, 0) is 59.4 Å². The van der Waals surface area contributed by atoms with Crippen LogP contribution in [0.3, 0.4) is 0 Å². The predicted molar refractivity (Wildman–Crippen MR) is 79.6 cm³/mol. The molecule has 2 atom stereocenters. The molecule has 0 aliphatic carbocycles. The molecular weight excluding hydrogens is 254 g/mol. The maximum absolute atomic E-state index is 12.2. The molecule has 2 aliphatic heterocycles. The summed E-state index contributed by atoms with van der Waals surface area (Å²) in [5.41, 5.74) is 0. The van der Waals surface area contributed by atoms with Crippen LogP contribution in [0.5, 0.6) is 0 Å². The topological polar surface area (TPSA) is 47.0 Å². The van der Waals surface area contributed by atoms with Gasteiger partial charge in [0.05, 0.1) is 6.10 Å². The number of piperidine rings is 1. The predicted octanol–water partition coefficient (Wildman–Crippen LogP) is 0.386. The zero-order chi connectivity index (χ0) is 14.5. The normalized spacial score (nSPS) is 28.3. The van der Waals surface area contributed by atoms with Gasteiger partial charge in [-0.3, -0.25) is 4.79 Å². The highest BCUT2D eigenvalue weighted by Crippen LogP contribution is 2.16. The summed E-state index contributed by atoms with van der Waals surface area (Å²) in [6.45, 7) is 4.71. The van der Waals surface area contributed by atoms with E-state index in [1.54, 1.807) is 0 Å². The fourth-order valence-corrected chi connectivity index (χ4v) is 3.37. The molecule has 0 aromatic carbocycles. The summed E-state index contributed by atoms with van der Waals surface area (Å²) < 4.78 is 0. The van der Waals surface area contributed by atoms with Gasteiger partial charge < -0.3 is 19.8 Å². The monoisotopic (exact) mass is 283 g/mol. The largest absolute Gasteiger partial charge is 0.390 e. The van der Waals surface area contributed by atoms with E-state index in [0.717, 1.165) is 25.9 Å². The van der Waals surface area contributed by atoms with E-state index in [1.165, 1.54) is 25.9 Å². The van der Waals surface area contributed by atoms with E-state index in [-0.39, 0.29) is 11.9 Å². The molecular formula is C15H29N3O2. The van der Waals surface area contributed by atoms with Crippen molar-refractivity contribution in [2.75, 3.05) is 46.8 Å². The number of aliphatic hydroxyl groups excluding tert-OH is 1. The Labute approximate surface area is 122 Å². The quantitative estimate of drug-likeness (QED) is 0.793. The molecule has 1 amide bonds. The fraction of sp³-hybridized carbons (Fsp3) is 0.933. The standard InChI is InChI=1S/C15H29N3O2/c1-16(2)13-7-11-18(12-14(13)19)15(20)6-5-10-17-8-3-4-9-17/h13-14,19H,3-12H2,1-2H3/t13-,14-/m0/s1. The molecule has 0 aromatic heterocycles. The summed E-state index contributed by atoms with van der Waals surface area (Å²) in [7, 11) is 3.98. The number of likely N-dealkylation sites (N-methyl/N-ethyl adjacent to an activating group) is 1. The summed E-state index contributed by atoms with van der Waals surface area (Å²) >= 11 is 0. The Morgan fingerprint density at radius 3 is 2.55 bits per heavy atom. The van der Waals surface area contributed by atoms with E-state index < -0.39 is 6.10 Å². The van der Waals surface area contributed by atoms with E-state index in [1.807, 2.05) is 19.0 Å². The third kappa shape index (κ3) is 4.17. The van der Waals surface area contributed by atoms with Crippen LogP contribution in [0.2, 0.25) is 0 Å². The first-order valence-corrected chi connectivity index (χ1v) is 7.92. The molecule has 0 saturated carbocycles. The van der Waals surface area contributed by atoms with Gasteiger partial charge in [-0.2, -0.15) is 0 Å². The summed E-state index contributed by atoms with van der Waals surface area (Å²) in [4.78, 5) is 18.5. The molecule has 5 nitrogen and oxygen atoms in total. The van der Waals surface area contributed by atoms with Crippen LogP contribution in [0, 0.1) is 0 Å². The molecule has 0 radical (unpaired) electrons. The van der Waals surface area contributed by atoms with E-state index in [0.29, 0.717) is 13.0 Å². The van der Waals surface area contributed by atoms with Crippen LogP contribution in [0.1, 0.15) is 32.1 Å². The number of amides is 1. The van der Waals surface area contributed by atoms with Crippen molar-refractivity contribution in [3.8, 4) is 0 Å². The minimum absolute atomic E-state index is 0.184. The number of aliphatic hydroxyl groups is 1. The smallest absolute Gasteiger partial charge is 0.222 e. The maximum atomic E-state index is 12.2. The molecule has 20 heavy (non-hydrogen) atoms. The summed E-state index contributed by atoms with van der Waals surface area (Å²) in [6, 6.07) is 0.184. The minimum Gasteiger partial charge on any atom is -0.390 e. The van der Waals surface area contributed by atoms with E-state index in [4.69, 9.17) is 0 Å². The lowest BCUT2D eigenvalue weighted by molar-refractivity contribution is -0.136. The molecule has 5 heteroatoms. The van der Waals surface area contributed by atoms with Crippen molar-refractivity contribution < 1.29 is 9.90 Å². The van der Waals surface area contributed by atoms with Crippen molar-refractivity contribution in [1.29, 1.82) is 0 Å². The van der Waals surface area contributed by atoms with Crippen molar-refractivity contribution in [1.82, 2.24) is 14.7 Å². The second-order valence-corrected chi connectivity index (χ2v) is 6.38. The Hall–Kier alpha value is -0.650. The van der Waals surface area contributed by atoms with E-state index >= 15 is 0 Å². The number of likely N-dealkylation sites (tertiary alicyclic amines) is 2. The van der Waals surface area contributed by atoms with Crippen molar-refractivity contribution in [3.63, 3.8) is 0 Å². The number of hydrogen-bond acceptors (Lipinski definition) is 4. The van der Waals surface area contributed by atoms with Gasteiger partial charge in [-0.25, -0.2) is 0 Å². The van der Waals surface area contributed by atoms with Gasteiger partial charge in [0.2, 0.25) is 5.91 Å². The highest BCUT2D eigenvalue weighted by atomic mass is 16.3. The first-order valence-electron chi connectivity index (χ1n) is 7.92. The van der Waals surface area contributed by atoms with Crippen molar-refractivity contribution >= 4 is 5.91 Å². The zero-order valence-electron chi connectivity index (χ0n) is 12.9. The lowest BCUT2D eigenvalue weighted by Gasteiger charge is -2.39. The van der Waals surface area contributed by atoms with Crippen LogP contribution in [0.4, 0.5) is 0 Å². The highest BCUT2D eigenvalue weighted by molar-refractivity contribution is 5.76. The third-order valence-corrected chi connectivity index (χ3v) is 4.63. The SMILES string of the molecule is CN(C)[C@H]1CCN(C(=O)CCCN2CCCC2)C[C@@H]1O. The zero-order valence-corrected chi connectivity index (χ0v) is 12.9. The second kappa shape index (κ2) is 7.38. The van der Waals surface area contributed by atoms with Gasteiger partial charge in [0.15, 0.2) is 0 Å². The molecule has 2 fully saturated rings. The van der Waals surface area contributed by atoms with Crippen LogP contribution >= 0.6 is 0 Å². The molecule has 116 valence electrons. The van der Waals surface area contributed by atoms with Crippen molar-refractivity contribution in [2.24, 2.45) is 0 Å². The van der Waals surface area contributed by atoms with Crippen LogP contribution < -0.4 is 0 Å². The molecule has 0 aromatic rings. The lowest BCUT2D eigenvalue weighted by Crippen LogP contribution is -2.53. The number of carbonyl (C=O) groups is 1. The summed E-state index contributed by atoms with van der Waals surface area (Å²) in [6.07, 6.45) is 4.63. The van der Waals surface area contributed by atoms with Gasteiger partial charge in [0.1, 0.15) is 0 Å². The van der Waals surface area contributed by atoms with Crippen molar-refractivity contribution in [2.45, 2.75) is 44.2 Å². The Bertz CT molecular complexity index is 316. The summed E-state index contributed by atoms with van der Waals surface area (Å²) in [5, 5.41) is 10.1. The van der Waals surface area contributed by atoms with Gasteiger partial charge >= 0.3 is 0 Å². The molecule has 2 rings (SSSR count). The van der Waals surface area contributed by atoms with Crippen molar-refractivity contribution in [3.05, 3.63) is 0 Å². The number of hydrogen-bond donors (Lipinski definition) is 1. The minimum atomic E-state index is -0.415. The average Bonchev–Trinajstić information content (AvgIpc) is 2.91. The van der Waals surface area contributed by atoms with Crippen LogP contribution in [-0.4, -0.2) is 84.7 Å². The van der Waals surface area contributed by atoms with Crippen LogP contribution in [-0.2, 0) is 4.79 Å². The third-order valence-electron chi connectivity index (χ3n) is 4.63. The van der Waals surface area contributed by atoms with E-state index in [9.17, 15) is 9.90 Å². The number of rotatable bonds is 5. The molecule has 2 aliphatic rings. The van der Waals surface area contributed by atoms with Gasteiger partial charge in [0.25, 0.3) is 0 Å². The molecule has 2 saturated heterocycles. The average molecular weight is 283 g/mol. The number of β-amino-alcohol motifs (C(OH)–C–C–N with tert-alkyl or cyclic N) is 1. The number of nitrogens with zero attached hydrogens (tertiary/aromatic N) is 3. The fourth-order valence-electron chi connectivity index (χ4n) is 3.37. The Balaban J connectivity index is 1.68. The highest BCUT2D eigenvalue weighted by Gasteiger charge is 2.30. The molecule has 2 heterocycles. The lowest BCUT2D eigenvalue weighted by atomic mass is 10.0. The Kier molecular flexibility index (Phi) is 5.81. The molecule has 1 N–H and O–H groups in total. The number of carbonyl (C=O) groups excluding carboxylic acids is 1. The van der Waals surface area contributed by atoms with Crippen LogP contribution in [0.15, 0.2) is 0 Å². The van der Waals surface area contributed by atoms with Gasteiger partial charge in [-0.15, -0.1) is 0 Å².